The van der Waals surface area contributed by atoms with Crippen molar-refractivity contribution in [2.75, 3.05) is 25.1 Å². The molecule has 198 valence electrons. The number of para-hydroxylation sites is 1. The van der Waals surface area contributed by atoms with E-state index in [1.807, 2.05) is 79.5 Å². The molecule has 1 amide bonds. The molecule has 0 aliphatic carbocycles. The van der Waals surface area contributed by atoms with Gasteiger partial charge in [-0.05, 0) is 68.1 Å². The van der Waals surface area contributed by atoms with Crippen molar-refractivity contribution < 1.29 is 18.7 Å². The lowest BCUT2D eigenvalue weighted by atomic mass is 9.71. The van der Waals surface area contributed by atoms with Gasteiger partial charge in [-0.2, -0.15) is 0 Å². The van der Waals surface area contributed by atoms with Crippen molar-refractivity contribution in [3.05, 3.63) is 119 Å². The van der Waals surface area contributed by atoms with Gasteiger partial charge >= 0.3 is 0 Å². The monoisotopic (exact) mass is 540 g/mol. The Labute approximate surface area is 232 Å². The summed E-state index contributed by atoms with van der Waals surface area (Å²) in [5.74, 6) is 0.120. The van der Waals surface area contributed by atoms with Crippen molar-refractivity contribution in [1.29, 1.82) is 0 Å². The fourth-order valence-corrected chi connectivity index (χ4v) is 6.54. The number of ketones is 1. The van der Waals surface area contributed by atoms with Gasteiger partial charge in [-0.25, -0.2) is 0 Å². The largest absolute Gasteiger partial charge is 0.494 e. The second-order valence-electron chi connectivity index (χ2n) is 10.1. The van der Waals surface area contributed by atoms with E-state index in [4.69, 9.17) is 20.8 Å². The van der Waals surface area contributed by atoms with E-state index in [-0.39, 0.29) is 17.6 Å². The molecule has 6 nitrogen and oxygen atoms in total. The van der Waals surface area contributed by atoms with Crippen LogP contribution in [0, 0.1) is 5.92 Å². The maximum atomic E-state index is 14.8. The van der Waals surface area contributed by atoms with Crippen LogP contribution in [0.5, 0.6) is 5.75 Å². The summed E-state index contributed by atoms with van der Waals surface area (Å²) < 4.78 is 11.5. The number of nitrogens with zero attached hydrogens (tertiary/aromatic N) is 2. The minimum Gasteiger partial charge on any atom is -0.494 e. The van der Waals surface area contributed by atoms with Gasteiger partial charge in [-0.1, -0.05) is 48.0 Å². The quantitative estimate of drug-likeness (QED) is 0.257. The number of furan rings is 1. The third kappa shape index (κ3) is 3.98. The summed E-state index contributed by atoms with van der Waals surface area (Å²) in [5.41, 5.74) is 1.79. The van der Waals surface area contributed by atoms with Gasteiger partial charge in [-0.15, -0.1) is 0 Å². The van der Waals surface area contributed by atoms with Gasteiger partial charge in [0.25, 0.3) is 5.91 Å². The van der Waals surface area contributed by atoms with Crippen LogP contribution >= 0.6 is 11.6 Å². The summed E-state index contributed by atoms with van der Waals surface area (Å²) in [5, 5.41) is 0.596. The van der Waals surface area contributed by atoms with E-state index in [2.05, 4.69) is 0 Å². The van der Waals surface area contributed by atoms with Crippen LogP contribution in [0.25, 0.3) is 0 Å². The number of carbonyl (C=O) groups excluding carboxylic acids is 2. The molecule has 0 bridgehead atoms. The second kappa shape index (κ2) is 10.0. The van der Waals surface area contributed by atoms with Crippen molar-refractivity contribution in [3.8, 4) is 5.75 Å². The van der Waals surface area contributed by atoms with Gasteiger partial charge in [0.05, 0.1) is 25.3 Å². The molecule has 0 radical (unpaired) electrons. The number of hydrogen-bond acceptors (Lipinski definition) is 5. The number of fused-ring (bicyclic) bond motifs is 2. The van der Waals surface area contributed by atoms with E-state index >= 15 is 0 Å². The summed E-state index contributed by atoms with van der Waals surface area (Å²) in [6.45, 7) is 3.25. The normalized spacial score (nSPS) is 22.4. The first kappa shape index (κ1) is 25.4. The molecule has 2 aliphatic rings. The van der Waals surface area contributed by atoms with Crippen molar-refractivity contribution in [2.24, 2.45) is 5.92 Å². The Morgan fingerprint density at radius 2 is 1.77 bits per heavy atom. The molecule has 0 N–H and O–H groups in total. The van der Waals surface area contributed by atoms with Crippen LogP contribution in [0.2, 0.25) is 5.02 Å². The van der Waals surface area contributed by atoms with Crippen LogP contribution in [0.15, 0.2) is 95.6 Å². The lowest BCUT2D eigenvalue weighted by molar-refractivity contribution is -0.129. The average Bonchev–Trinajstić information content (AvgIpc) is 3.64. The molecule has 39 heavy (non-hydrogen) atoms. The summed E-state index contributed by atoms with van der Waals surface area (Å²) in [7, 11) is 1.93. The number of Topliss-reactive ketones (excluding diaryl/α,β-unsaturated/α-hetero) is 1. The Morgan fingerprint density at radius 1 is 1.03 bits per heavy atom. The summed E-state index contributed by atoms with van der Waals surface area (Å²) in [4.78, 5) is 33.1. The van der Waals surface area contributed by atoms with Gasteiger partial charge < -0.3 is 14.1 Å². The van der Waals surface area contributed by atoms with Crippen molar-refractivity contribution in [1.82, 2.24) is 4.90 Å². The van der Waals surface area contributed by atoms with E-state index < -0.39 is 11.5 Å². The predicted molar refractivity (Wildman–Crippen MR) is 150 cm³/mol. The minimum absolute atomic E-state index is 0.105. The Hall–Kier alpha value is -3.87. The van der Waals surface area contributed by atoms with Gasteiger partial charge in [-0.3, -0.25) is 14.5 Å². The van der Waals surface area contributed by atoms with E-state index in [1.54, 1.807) is 35.4 Å². The number of benzene rings is 3. The number of hydrogen-bond donors (Lipinski definition) is 0. The third-order valence-electron chi connectivity index (χ3n) is 8.03. The van der Waals surface area contributed by atoms with Crippen molar-refractivity contribution in [3.63, 3.8) is 0 Å². The number of carbonyl (C=O) groups is 2. The average molecular weight is 541 g/mol. The highest BCUT2D eigenvalue weighted by Crippen LogP contribution is 2.57. The van der Waals surface area contributed by atoms with Crippen LogP contribution in [0.4, 0.5) is 5.69 Å². The summed E-state index contributed by atoms with van der Waals surface area (Å²) >= 11 is 6.52. The Kier molecular flexibility index (Phi) is 6.53. The van der Waals surface area contributed by atoms with E-state index in [9.17, 15) is 9.59 Å². The predicted octanol–water partition coefficient (Wildman–Crippen LogP) is 6.30. The topological polar surface area (TPSA) is 63.0 Å². The molecule has 0 saturated carbocycles. The fraction of sp³-hybridized carbons (Fsp3) is 0.250. The van der Waals surface area contributed by atoms with Crippen molar-refractivity contribution in [2.45, 2.75) is 24.9 Å². The first-order valence-electron chi connectivity index (χ1n) is 13.1. The molecular formula is C32H29ClN2O4. The van der Waals surface area contributed by atoms with E-state index in [0.29, 0.717) is 41.8 Å². The number of likely N-dealkylation sites (N-methyl/N-ethyl adjacent to an activating group) is 1. The van der Waals surface area contributed by atoms with E-state index in [0.717, 1.165) is 16.8 Å². The maximum absolute atomic E-state index is 14.8. The Morgan fingerprint density at radius 3 is 2.49 bits per heavy atom. The van der Waals surface area contributed by atoms with Crippen LogP contribution in [0.1, 0.15) is 40.1 Å². The van der Waals surface area contributed by atoms with Gasteiger partial charge in [0.1, 0.15) is 17.0 Å². The fourth-order valence-electron chi connectivity index (χ4n) is 6.35. The zero-order valence-electron chi connectivity index (χ0n) is 21.8. The maximum Gasteiger partial charge on any atom is 0.253 e. The molecule has 3 atom stereocenters. The zero-order chi connectivity index (χ0) is 27.1. The smallest absolute Gasteiger partial charge is 0.253 e. The summed E-state index contributed by atoms with van der Waals surface area (Å²) in [6.07, 6.45) is 1.62. The molecule has 3 heterocycles. The molecule has 1 spiro atoms. The van der Waals surface area contributed by atoms with Crippen LogP contribution in [-0.4, -0.2) is 36.8 Å². The molecule has 3 aromatic carbocycles. The first-order valence-corrected chi connectivity index (χ1v) is 13.5. The molecule has 4 aromatic rings. The lowest BCUT2D eigenvalue weighted by Gasteiger charge is -2.36. The second-order valence-corrected chi connectivity index (χ2v) is 10.5. The molecule has 3 unspecified atom stereocenters. The molecule has 2 aliphatic heterocycles. The van der Waals surface area contributed by atoms with E-state index in [1.165, 1.54) is 0 Å². The number of rotatable bonds is 7. The molecule has 1 saturated heterocycles. The Balaban J connectivity index is 1.50. The lowest BCUT2D eigenvalue weighted by Crippen LogP contribution is -2.53. The Bertz CT molecular complexity index is 1520. The number of ether oxygens (including phenoxy) is 1. The number of anilines is 1. The molecule has 1 aromatic heterocycles. The van der Waals surface area contributed by atoms with Crippen molar-refractivity contribution >= 4 is 29.0 Å². The molecular weight excluding hydrogens is 512 g/mol. The molecule has 1 fully saturated rings. The van der Waals surface area contributed by atoms with Gasteiger partial charge in [0.2, 0.25) is 0 Å². The first-order chi connectivity index (χ1) is 19.0. The molecule has 7 heteroatoms. The third-order valence-corrected chi connectivity index (χ3v) is 8.40. The SMILES string of the molecule is CCOc1ccc(C(=O)C2C(c3ccco3)CN(C)C23C(=O)N(Cc2ccccc2Cl)c2ccccc23)cc1. The standard InChI is InChI=1S/C32H29ClN2O4/c1-3-38-23-16-14-21(15-17-23)30(36)29-24(28-13-8-18-39-28)20-34(2)32(29)25-10-5-7-12-27(25)35(31(32)37)19-22-9-4-6-11-26(22)33/h4-18,24,29H,3,19-20H2,1-2H3. The highest BCUT2D eigenvalue weighted by molar-refractivity contribution is 6.31. The van der Waals surface area contributed by atoms with Crippen LogP contribution < -0.4 is 9.64 Å². The highest BCUT2D eigenvalue weighted by atomic mass is 35.5. The van der Waals surface area contributed by atoms with Crippen LogP contribution in [0.3, 0.4) is 0 Å². The number of halogens is 1. The summed E-state index contributed by atoms with van der Waals surface area (Å²) in [6, 6.07) is 26.2. The highest BCUT2D eigenvalue weighted by Gasteiger charge is 2.66. The number of amides is 1. The van der Waals surface area contributed by atoms with Gasteiger partial charge in [0, 0.05) is 34.3 Å². The minimum atomic E-state index is -1.20. The van der Waals surface area contributed by atoms with Crippen LogP contribution in [-0.2, 0) is 16.9 Å². The molecule has 6 rings (SSSR count). The number of likely N-dealkylation sites (tertiary alicyclic amines) is 1. The zero-order valence-corrected chi connectivity index (χ0v) is 22.6. The van der Waals surface area contributed by atoms with Gasteiger partial charge in [0.15, 0.2) is 5.78 Å².